The molecule has 1 aliphatic heterocycles. The summed E-state index contributed by atoms with van der Waals surface area (Å²) < 4.78 is 15.3. The van der Waals surface area contributed by atoms with Gasteiger partial charge in [0, 0.05) is 33.0 Å². The quantitative estimate of drug-likeness (QED) is 0.403. The number of carbonyl (C=O) groups is 3. The van der Waals surface area contributed by atoms with E-state index in [0.29, 0.717) is 17.9 Å². The maximum absolute atomic E-state index is 14.0. The number of nitrogens with one attached hydrogen (secondary N) is 2. The highest BCUT2D eigenvalue weighted by Gasteiger charge is 2.27. The van der Waals surface area contributed by atoms with Gasteiger partial charge in [-0.15, -0.1) is 0 Å². The number of amides is 2. The first-order chi connectivity index (χ1) is 17.1. The third kappa shape index (κ3) is 6.06. The number of aliphatic carboxylic acids is 1. The van der Waals surface area contributed by atoms with Crippen molar-refractivity contribution in [1.29, 1.82) is 0 Å². The number of anilines is 1. The summed E-state index contributed by atoms with van der Waals surface area (Å²) in [4.78, 5) is 54.4. The Morgan fingerprint density at radius 1 is 1.25 bits per heavy atom. The number of hydrogen-bond donors (Lipinski definition) is 4. The summed E-state index contributed by atoms with van der Waals surface area (Å²) >= 11 is 0. The average Bonchev–Trinajstić information content (AvgIpc) is 3.06. The standard InChI is InChI=1S/C24H30FN5O6/c1-26-16-6-3-4-11-30-22(16)28-20(21(34)24(30)36)23(35)27-13-14-9-10-15(25)12-17(14)29(2)18(31)7-5-8-19(32)33/h9-10,12,16,26,34H,3-8,11,13H2,1-2H3,(H,27,35)(H,32,33). The highest BCUT2D eigenvalue weighted by molar-refractivity contribution is 5.95. The first-order valence-corrected chi connectivity index (χ1v) is 11.7. The van der Waals surface area contributed by atoms with Gasteiger partial charge in [-0.05, 0) is 50.4 Å². The van der Waals surface area contributed by atoms with Crippen LogP contribution in [0.25, 0.3) is 0 Å². The van der Waals surface area contributed by atoms with E-state index in [0.717, 1.165) is 25.3 Å². The first-order valence-electron chi connectivity index (χ1n) is 11.7. The molecule has 1 aliphatic rings. The number of hydrogen-bond acceptors (Lipinski definition) is 7. The van der Waals surface area contributed by atoms with Crippen LogP contribution in [0.2, 0.25) is 0 Å². The van der Waals surface area contributed by atoms with Crippen LogP contribution in [-0.2, 0) is 22.7 Å². The summed E-state index contributed by atoms with van der Waals surface area (Å²) in [6, 6.07) is 3.47. The molecule has 0 fully saturated rings. The van der Waals surface area contributed by atoms with Gasteiger partial charge in [-0.25, -0.2) is 9.37 Å². The summed E-state index contributed by atoms with van der Waals surface area (Å²) in [6.45, 7) is 0.247. The average molecular weight is 504 g/mol. The summed E-state index contributed by atoms with van der Waals surface area (Å²) in [5.74, 6) is -3.20. The summed E-state index contributed by atoms with van der Waals surface area (Å²) in [5.41, 5.74) is -0.500. The maximum atomic E-state index is 14.0. The largest absolute Gasteiger partial charge is 0.501 e. The lowest BCUT2D eigenvalue weighted by Crippen LogP contribution is -2.34. The predicted octanol–water partition coefficient (Wildman–Crippen LogP) is 1.68. The number of fused-ring (bicyclic) bond motifs is 1. The van der Waals surface area contributed by atoms with Gasteiger partial charge < -0.3 is 25.7 Å². The molecule has 2 amide bonds. The van der Waals surface area contributed by atoms with Crippen molar-refractivity contribution in [3.63, 3.8) is 0 Å². The number of carboxylic acids is 1. The SMILES string of the molecule is CNC1CCCCn2c1nc(C(=O)NCc1ccc(F)cc1N(C)C(=O)CCCC(=O)O)c(O)c2=O. The van der Waals surface area contributed by atoms with Crippen LogP contribution in [0, 0.1) is 5.82 Å². The summed E-state index contributed by atoms with van der Waals surface area (Å²) in [7, 11) is 3.16. The van der Waals surface area contributed by atoms with E-state index in [1.807, 2.05) is 0 Å². The van der Waals surface area contributed by atoms with Crippen molar-refractivity contribution in [2.45, 2.75) is 57.7 Å². The summed E-state index contributed by atoms with van der Waals surface area (Å²) in [6.07, 6.45) is 2.24. The number of rotatable bonds is 9. The van der Waals surface area contributed by atoms with Crippen LogP contribution >= 0.6 is 0 Å². The van der Waals surface area contributed by atoms with Gasteiger partial charge in [0.25, 0.3) is 11.5 Å². The van der Waals surface area contributed by atoms with Gasteiger partial charge in [-0.1, -0.05) is 6.07 Å². The smallest absolute Gasteiger partial charge is 0.303 e. The highest BCUT2D eigenvalue weighted by atomic mass is 19.1. The Labute approximate surface area is 207 Å². The van der Waals surface area contributed by atoms with E-state index in [1.54, 1.807) is 7.05 Å². The molecule has 36 heavy (non-hydrogen) atoms. The van der Waals surface area contributed by atoms with Crippen molar-refractivity contribution < 1.29 is 29.0 Å². The number of nitrogens with zero attached hydrogens (tertiary/aromatic N) is 3. The third-order valence-corrected chi connectivity index (χ3v) is 6.18. The van der Waals surface area contributed by atoms with Crippen LogP contribution in [0.4, 0.5) is 10.1 Å². The Kier molecular flexibility index (Phi) is 8.75. The predicted molar refractivity (Wildman–Crippen MR) is 128 cm³/mol. The Morgan fingerprint density at radius 2 is 2.00 bits per heavy atom. The maximum Gasteiger partial charge on any atom is 0.303 e. The van der Waals surface area contributed by atoms with E-state index in [9.17, 15) is 28.7 Å². The van der Waals surface area contributed by atoms with Crippen LogP contribution in [0.5, 0.6) is 5.75 Å². The molecule has 4 N–H and O–H groups in total. The lowest BCUT2D eigenvalue weighted by molar-refractivity contribution is -0.137. The molecule has 3 rings (SSSR count). The Bertz CT molecular complexity index is 1210. The molecule has 1 atom stereocenters. The lowest BCUT2D eigenvalue weighted by Gasteiger charge is -2.21. The summed E-state index contributed by atoms with van der Waals surface area (Å²) in [5, 5.41) is 24.9. The topological polar surface area (TPSA) is 154 Å². The Balaban J connectivity index is 1.81. The van der Waals surface area contributed by atoms with Crippen molar-refractivity contribution in [2.24, 2.45) is 0 Å². The zero-order valence-electron chi connectivity index (χ0n) is 20.2. The monoisotopic (exact) mass is 503 g/mol. The lowest BCUT2D eigenvalue weighted by atomic mass is 10.1. The van der Waals surface area contributed by atoms with E-state index in [-0.39, 0.29) is 37.5 Å². The number of benzene rings is 1. The first kappa shape index (κ1) is 26.8. The zero-order valence-corrected chi connectivity index (χ0v) is 20.2. The van der Waals surface area contributed by atoms with Gasteiger partial charge in [-0.2, -0.15) is 0 Å². The second kappa shape index (κ2) is 11.8. The highest BCUT2D eigenvalue weighted by Crippen LogP contribution is 2.25. The fourth-order valence-electron chi connectivity index (χ4n) is 4.17. The molecule has 1 aromatic heterocycles. The second-order valence-electron chi connectivity index (χ2n) is 8.62. The van der Waals surface area contributed by atoms with E-state index < -0.39 is 40.6 Å². The number of carbonyl (C=O) groups excluding carboxylic acids is 2. The van der Waals surface area contributed by atoms with Gasteiger partial charge >= 0.3 is 5.97 Å². The molecule has 1 aromatic carbocycles. The minimum absolute atomic E-state index is 0.0470. The molecule has 0 bridgehead atoms. The number of carboxylic acid groups (broad SMARTS) is 1. The number of aromatic hydroxyl groups is 1. The van der Waals surface area contributed by atoms with E-state index >= 15 is 0 Å². The molecule has 12 heteroatoms. The van der Waals surface area contributed by atoms with E-state index in [1.165, 1.54) is 28.6 Å². The van der Waals surface area contributed by atoms with Crippen molar-refractivity contribution in [1.82, 2.24) is 20.2 Å². The van der Waals surface area contributed by atoms with Gasteiger partial charge in [0.2, 0.25) is 11.7 Å². The van der Waals surface area contributed by atoms with Gasteiger partial charge in [-0.3, -0.25) is 23.7 Å². The molecule has 0 spiro atoms. The van der Waals surface area contributed by atoms with Gasteiger partial charge in [0.05, 0.1) is 11.7 Å². The Morgan fingerprint density at radius 3 is 2.69 bits per heavy atom. The van der Waals surface area contributed by atoms with Crippen LogP contribution in [-0.4, -0.2) is 51.6 Å². The molecule has 2 aromatic rings. The van der Waals surface area contributed by atoms with Crippen LogP contribution in [0.3, 0.4) is 0 Å². The minimum atomic E-state index is -1.02. The molecule has 11 nitrogen and oxygen atoms in total. The fourth-order valence-corrected chi connectivity index (χ4v) is 4.17. The molecule has 1 unspecified atom stereocenters. The van der Waals surface area contributed by atoms with Crippen molar-refractivity contribution in [2.75, 3.05) is 19.0 Å². The molecule has 194 valence electrons. The molecule has 2 heterocycles. The van der Waals surface area contributed by atoms with Crippen molar-refractivity contribution in [3.05, 3.63) is 51.5 Å². The molecule has 0 saturated carbocycles. The Hall–Kier alpha value is -3.80. The molecule has 0 aliphatic carbocycles. The molecule has 0 saturated heterocycles. The van der Waals surface area contributed by atoms with Gasteiger partial charge in [0.15, 0.2) is 5.69 Å². The normalized spacial score (nSPS) is 15.0. The van der Waals surface area contributed by atoms with Crippen LogP contribution in [0.15, 0.2) is 23.0 Å². The van der Waals surface area contributed by atoms with Crippen LogP contribution < -0.4 is 21.1 Å². The third-order valence-electron chi connectivity index (χ3n) is 6.18. The zero-order chi connectivity index (χ0) is 26.4. The molecular weight excluding hydrogens is 473 g/mol. The number of aromatic nitrogens is 2. The number of halogens is 1. The molecular formula is C24H30FN5O6. The molecule has 0 radical (unpaired) electrons. The van der Waals surface area contributed by atoms with E-state index in [2.05, 4.69) is 15.6 Å². The van der Waals surface area contributed by atoms with Gasteiger partial charge in [0.1, 0.15) is 11.6 Å². The second-order valence-corrected chi connectivity index (χ2v) is 8.62. The minimum Gasteiger partial charge on any atom is -0.501 e. The van der Waals surface area contributed by atoms with Crippen molar-refractivity contribution >= 4 is 23.5 Å². The fraction of sp³-hybridized carbons (Fsp3) is 0.458. The van der Waals surface area contributed by atoms with Crippen LogP contribution in [0.1, 0.15) is 66.4 Å². The van der Waals surface area contributed by atoms with E-state index in [4.69, 9.17) is 5.11 Å². The van der Waals surface area contributed by atoms with Crippen molar-refractivity contribution in [3.8, 4) is 5.75 Å².